The smallest absolute Gasteiger partial charge is 0.264 e. The van der Waals surface area contributed by atoms with Gasteiger partial charge in [-0.05, 0) is 119 Å². The Hall–Kier alpha value is -4.42. The highest BCUT2D eigenvalue weighted by molar-refractivity contribution is 7.90. The van der Waals surface area contributed by atoms with E-state index in [2.05, 4.69) is 58.1 Å². The van der Waals surface area contributed by atoms with Gasteiger partial charge < -0.3 is 14.2 Å². The van der Waals surface area contributed by atoms with Crippen molar-refractivity contribution in [3.63, 3.8) is 0 Å². The predicted molar refractivity (Wildman–Crippen MR) is 217 cm³/mol. The number of nitrogens with one attached hydrogen (secondary N) is 1. The summed E-state index contributed by atoms with van der Waals surface area (Å²) < 4.78 is 38.0. The standard InChI is InChI=1S/C43H54N6O5S/c1-8-46-23-33-21-32(46)24-47(33)43(51)38-27(6)44-49(25(2)3)40(38)31-18-30-19-34(54-7)15-17-35(30)41-39(28-12-10-9-11-13-28)36-16-14-29(20-37(36)48(41)22-31)42(50)45-55(52,53)26(4)5/h14-20,25-26,28,32-33H,8-13,21-24H2,1-7H3,(H,45,50). The highest BCUT2D eigenvalue weighted by Crippen LogP contribution is 2.48. The summed E-state index contributed by atoms with van der Waals surface area (Å²) in [5, 5.41) is 5.36. The number of carbonyl (C=O) groups excluding carboxylic acids is 2. The molecule has 2 unspecified atom stereocenters. The molecular weight excluding hydrogens is 713 g/mol. The lowest BCUT2D eigenvalue weighted by Crippen LogP contribution is -2.48. The Morgan fingerprint density at radius 2 is 1.75 bits per heavy atom. The largest absolute Gasteiger partial charge is 0.497 e. The monoisotopic (exact) mass is 766 g/mol. The number of methoxy groups -OCH3 is 1. The molecule has 1 N–H and O–H groups in total. The van der Waals surface area contributed by atoms with Crippen LogP contribution >= 0.6 is 0 Å². The minimum absolute atomic E-state index is 0.0216. The van der Waals surface area contributed by atoms with E-state index < -0.39 is 21.2 Å². The van der Waals surface area contributed by atoms with E-state index in [1.54, 1.807) is 27.0 Å². The quantitative estimate of drug-likeness (QED) is 0.189. The maximum atomic E-state index is 14.8. The van der Waals surface area contributed by atoms with Crippen LogP contribution in [-0.2, 0) is 16.6 Å². The van der Waals surface area contributed by atoms with Crippen LogP contribution in [0.3, 0.4) is 0 Å². The summed E-state index contributed by atoms with van der Waals surface area (Å²) in [5.74, 6) is 0.438. The minimum atomic E-state index is -3.84. The van der Waals surface area contributed by atoms with E-state index in [1.807, 2.05) is 29.8 Å². The van der Waals surface area contributed by atoms with E-state index in [9.17, 15) is 18.0 Å². The Balaban J connectivity index is 1.35. The summed E-state index contributed by atoms with van der Waals surface area (Å²) in [5.41, 5.74) is 8.64. The van der Waals surface area contributed by atoms with E-state index in [4.69, 9.17) is 9.84 Å². The van der Waals surface area contributed by atoms with Gasteiger partial charge in [0.2, 0.25) is 10.0 Å². The van der Waals surface area contributed by atoms with E-state index >= 15 is 0 Å². The third-order valence-electron chi connectivity index (χ3n) is 12.5. The molecule has 5 heterocycles. The van der Waals surface area contributed by atoms with Crippen molar-refractivity contribution in [3.05, 3.63) is 70.0 Å². The molecule has 8 rings (SSSR count). The molecule has 2 amide bonds. The summed E-state index contributed by atoms with van der Waals surface area (Å²) in [6.07, 6.45) is 8.85. The lowest BCUT2D eigenvalue weighted by atomic mass is 9.81. The molecule has 2 aromatic carbocycles. The van der Waals surface area contributed by atoms with Crippen LogP contribution in [0.15, 0.2) is 36.4 Å². The van der Waals surface area contributed by atoms with Crippen LogP contribution in [0.4, 0.5) is 0 Å². The average molecular weight is 767 g/mol. The number of piperazine rings is 1. The zero-order valence-corrected chi connectivity index (χ0v) is 34.0. The van der Waals surface area contributed by atoms with Gasteiger partial charge >= 0.3 is 0 Å². The molecule has 3 fully saturated rings. The number of likely N-dealkylation sites (N-methyl/N-ethyl adjacent to an activating group) is 1. The zero-order chi connectivity index (χ0) is 38.9. The molecule has 1 saturated carbocycles. The zero-order valence-electron chi connectivity index (χ0n) is 33.2. The van der Waals surface area contributed by atoms with Gasteiger partial charge in [0, 0.05) is 53.2 Å². The van der Waals surface area contributed by atoms with Crippen LogP contribution in [0.25, 0.3) is 33.8 Å². The highest BCUT2D eigenvalue weighted by atomic mass is 32.2. The molecule has 292 valence electrons. The number of sulfonamides is 1. The molecule has 3 aliphatic heterocycles. The second kappa shape index (κ2) is 14.3. The van der Waals surface area contributed by atoms with Gasteiger partial charge in [0.1, 0.15) is 5.75 Å². The maximum Gasteiger partial charge on any atom is 0.264 e. The van der Waals surface area contributed by atoms with E-state index in [-0.39, 0.29) is 23.6 Å². The Kier molecular flexibility index (Phi) is 9.72. The molecule has 1 aliphatic carbocycles. The number of nitrogens with zero attached hydrogens (tertiary/aromatic N) is 5. The molecule has 11 nitrogen and oxygen atoms in total. The number of carbonyl (C=O) groups is 2. The number of likely N-dealkylation sites (tertiary alicyclic amines) is 2. The van der Waals surface area contributed by atoms with Crippen molar-refractivity contribution < 1.29 is 22.7 Å². The van der Waals surface area contributed by atoms with Gasteiger partial charge in [-0.3, -0.25) is 19.2 Å². The van der Waals surface area contributed by atoms with Gasteiger partial charge in [-0.2, -0.15) is 5.10 Å². The number of hydrogen-bond donors (Lipinski definition) is 1. The molecule has 2 saturated heterocycles. The van der Waals surface area contributed by atoms with Crippen molar-refractivity contribution in [1.29, 1.82) is 0 Å². The fraction of sp³-hybridized carbons (Fsp3) is 0.512. The first kappa shape index (κ1) is 37.5. The van der Waals surface area contributed by atoms with Crippen molar-refractivity contribution in [2.75, 3.05) is 26.7 Å². The van der Waals surface area contributed by atoms with Gasteiger partial charge in [0.15, 0.2) is 0 Å². The summed E-state index contributed by atoms with van der Waals surface area (Å²) in [7, 11) is -2.16. The summed E-state index contributed by atoms with van der Waals surface area (Å²) in [4.78, 5) is 33.0. The molecule has 2 atom stereocenters. The summed E-state index contributed by atoms with van der Waals surface area (Å²) in [6, 6.07) is 12.4. The summed E-state index contributed by atoms with van der Waals surface area (Å²) in [6.45, 7) is 14.5. The van der Waals surface area contributed by atoms with Crippen LogP contribution in [0, 0.1) is 6.92 Å². The fourth-order valence-electron chi connectivity index (χ4n) is 9.65. The number of aromatic nitrogens is 3. The van der Waals surface area contributed by atoms with Crippen molar-refractivity contribution in [1.82, 2.24) is 28.9 Å². The normalized spacial score (nSPS) is 20.2. The molecule has 2 bridgehead atoms. The van der Waals surface area contributed by atoms with Crippen molar-refractivity contribution in [2.45, 2.75) is 116 Å². The first-order valence-electron chi connectivity index (χ1n) is 20.1. The van der Waals surface area contributed by atoms with E-state index in [1.165, 1.54) is 12.0 Å². The number of aryl methyl sites for hydroxylation is 1. The Labute approximate surface area is 324 Å². The first-order chi connectivity index (χ1) is 26.3. The molecule has 12 heteroatoms. The number of fused-ring (bicyclic) bond motifs is 7. The van der Waals surface area contributed by atoms with Crippen LogP contribution in [0.1, 0.15) is 128 Å². The van der Waals surface area contributed by atoms with Gasteiger partial charge in [-0.15, -0.1) is 0 Å². The topological polar surface area (TPSA) is 119 Å². The number of benzene rings is 2. The average Bonchev–Trinajstić information content (AvgIpc) is 3.92. The minimum Gasteiger partial charge on any atom is -0.497 e. The maximum absolute atomic E-state index is 14.8. The molecule has 0 radical (unpaired) electrons. The molecular formula is C43H54N6O5S. The number of ether oxygens (including phenoxy) is 1. The van der Waals surface area contributed by atoms with E-state index in [0.29, 0.717) is 29.8 Å². The van der Waals surface area contributed by atoms with Gasteiger partial charge in [0.05, 0.1) is 41.5 Å². The molecule has 0 spiro atoms. The van der Waals surface area contributed by atoms with Crippen molar-refractivity contribution >= 4 is 44.4 Å². The number of hydrogen-bond acceptors (Lipinski definition) is 7. The second-order valence-corrected chi connectivity index (χ2v) is 18.7. The summed E-state index contributed by atoms with van der Waals surface area (Å²) >= 11 is 0. The Morgan fingerprint density at radius 3 is 2.40 bits per heavy atom. The second-order valence-electron chi connectivity index (χ2n) is 16.5. The highest BCUT2D eigenvalue weighted by Gasteiger charge is 2.46. The first-order valence-corrected chi connectivity index (χ1v) is 21.6. The van der Waals surface area contributed by atoms with Gasteiger partial charge in [-0.1, -0.05) is 32.3 Å². The fourth-order valence-corrected chi connectivity index (χ4v) is 10.3. The third-order valence-corrected chi connectivity index (χ3v) is 14.2. The lowest BCUT2D eigenvalue weighted by Gasteiger charge is -2.33. The number of allylic oxidation sites excluding steroid dienone is 1. The Morgan fingerprint density at radius 1 is 0.982 bits per heavy atom. The number of amides is 2. The molecule has 2 aromatic heterocycles. The molecule has 55 heavy (non-hydrogen) atoms. The Bertz CT molecular complexity index is 2330. The van der Waals surface area contributed by atoms with Crippen molar-refractivity contribution in [3.8, 4) is 17.0 Å². The van der Waals surface area contributed by atoms with Gasteiger partial charge in [-0.25, -0.2) is 13.1 Å². The third kappa shape index (κ3) is 6.39. The van der Waals surface area contributed by atoms with Crippen LogP contribution < -0.4 is 9.46 Å². The van der Waals surface area contributed by atoms with Crippen LogP contribution in [0.5, 0.6) is 5.75 Å². The molecule has 4 aliphatic rings. The SMILES string of the molecule is CCN1CC2CC1CN2C(=O)c1c(C)nn(C(C)C)c1C1=Cc2cc(OC)ccc2-c2c(C3CCCCC3)c3ccc(C(=O)NS(=O)(=O)C(C)C)cc3n2C1. The van der Waals surface area contributed by atoms with Crippen molar-refractivity contribution in [2.24, 2.45) is 0 Å². The predicted octanol–water partition coefficient (Wildman–Crippen LogP) is 7.39. The van der Waals surface area contributed by atoms with Crippen LogP contribution in [0.2, 0.25) is 0 Å². The van der Waals surface area contributed by atoms with Crippen LogP contribution in [-0.4, -0.2) is 88.5 Å². The number of rotatable bonds is 9. The van der Waals surface area contributed by atoms with E-state index in [0.717, 1.165) is 96.5 Å². The molecule has 4 aromatic rings. The van der Waals surface area contributed by atoms with Gasteiger partial charge in [0.25, 0.3) is 11.8 Å². The lowest BCUT2D eigenvalue weighted by molar-refractivity contribution is 0.0629.